The van der Waals surface area contributed by atoms with E-state index in [1.54, 1.807) is 6.07 Å². The number of anilines is 1. The van der Waals surface area contributed by atoms with Crippen molar-refractivity contribution in [1.29, 1.82) is 0 Å². The van der Waals surface area contributed by atoms with E-state index in [-0.39, 0.29) is 17.2 Å². The lowest BCUT2D eigenvalue weighted by molar-refractivity contribution is -0.116. The fourth-order valence-electron chi connectivity index (χ4n) is 1.70. The molecular formula is C15H15BrN2O3. The van der Waals surface area contributed by atoms with E-state index in [4.69, 9.17) is 4.74 Å². The van der Waals surface area contributed by atoms with E-state index in [0.29, 0.717) is 23.9 Å². The molecular weight excluding hydrogens is 336 g/mol. The summed E-state index contributed by atoms with van der Waals surface area (Å²) in [6.07, 6.45) is 2.39. The highest BCUT2D eigenvalue weighted by molar-refractivity contribution is 9.10. The first-order valence-electron chi connectivity index (χ1n) is 6.51. The van der Waals surface area contributed by atoms with Gasteiger partial charge in [-0.25, -0.2) is 0 Å². The lowest BCUT2D eigenvalue weighted by Crippen LogP contribution is -2.19. The highest BCUT2D eigenvalue weighted by Crippen LogP contribution is 2.11. The minimum absolute atomic E-state index is 0.213. The number of hydrogen-bond donors (Lipinski definition) is 2. The maximum atomic E-state index is 11.8. The maximum absolute atomic E-state index is 11.8. The third kappa shape index (κ3) is 5.07. The number of hydrogen-bond acceptors (Lipinski definition) is 3. The molecule has 0 spiro atoms. The standard InChI is InChI=1S/C15H15BrN2O3/c16-11-9-13(15(20)17-10-11)18-14(19)7-4-8-21-12-5-2-1-3-6-12/h1-3,5-6,9-10H,4,7-8H2,(H,17,20)(H,18,19). The quantitative estimate of drug-likeness (QED) is 0.786. The van der Waals surface area contributed by atoms with E-state index in [1.807, 2.05) is 30.3 Å². The normalized spacial score (nSPS) is 10.1. The van der Waals surface area contributed by atoms with E-state index in [1.165, 1.54) is 6.20 Å². The Labute approximate surface area is 130 Å². The monoisotopic (exact) mass is 350 g/mol. The van der Waals surface area contributed by atoms with Gasteiger partial charge < -0.3 is 15.0 Å². The van der Waals surface area contributed by atoms with Gasteiger partial charge in [-0.05, 0) is 40.5 Å². The number of carbonyl (C=O) groups excluding carboxylic acids is 1. The van der Waals surface area contributed by atoms with Crippen LogP contribution in [0.15, 0.2) is 51.9 Å². The molecule has 0 saturated heterocycles. The Kier molecular flexibility index (Phi) is 5.57. The Hall–Kier alpha value is -2.08. The minimum atomic E-state index is -0.327. The van der Waals surface area contributed by atoms with Crippen LogP contribution in [0.1, 0.15) is 12.8 Å². The van der Waals surface area contributed by atoms with Crippen LogP contribution in [0.5, 0.6) is 5.75 Å². The van der Waals surface area contributed by atoms with Crippen LogP contribution >= 0.6 is 15.9 Å². The van der Waals surface area contributed by atoms with Gasteiger partial charge in [0.2, 0.25) is 5.91 Å². The number of benzene rings is 1. The summed E-state index contributed by atoms with van der Waals surface area (Å²) < 4.78 is 6.19. The topological polar surface area (TPSA) is 71.2 Å². The molecule has 2 rings (SSSR count). The summed E-state index contributed by atoms with van der Waals surface area (Å²) in [6.45, 7) is 0.451. The summed E-state index contributed by atoms with van der Waals surface area (Å²) in [7, 11) is 0. The van der Waals surface area contributed by atoms with Gasteiger partial charge in [0.15, 0.2) is 0 Å². The zero-order valence-corrected chi connectivity index (χ0v) is 12.9. The van der Waals surface area contributed by atoms with Gasteiger partial charge >= 0.3 is 0 Å². The molecule has 0 unspecified atom stereocenters. The number of para-hydroxylation sites is 1. The highest BCUT2D eigenvalue weighted by atomic mass is 79.9. The summed E-state index contributed by atoms with van der Waals surface area (Å²) in [5.41, 5.74) is -0.0922. The zero-order chi connectivity index (χ0) is 15.1. The van der Waals surface area contributed by atoms with Gasteiger partial charge in [0.25, 0.3) is 5.56 Å². The SMILES string of the molecule is O=C(CCCOc1ccccc1)Nc1cc(Br)c[nH]c1=O. The first-order valence-corrected chi connectivity index (χ1v) is 7.30. The second-order valence-electron chi connectivity index (χ2n) is 4.37. The van der Waals surface area contributed by atoms with Gasteiger partial charge in [-0.2, -0.15) is 0 Å². The zero-order valence-electron chi connectivity index (χ0n) is 11.3. The molecule has 0 aliphatic carbocycles. The Balaban J connectivity index is 1.75. The van der Waals surface area contributed by atoms with Gasteiger partial charge in [-0.15, -0.1) is 0 Å². The van der Waals surface area contributed by atoms with Crippen LogP contribution in [-0.4, -0.2) is 17.5 Å². The number of pyridine rings is 1. The van der Waals surface area contributed by atoms with Crippen molar-refractivity contribution in [3.8, 4) is 5.75 Å². The average Bonchev–Trinajstić information content (AvgIpc) is 2.48. The molecule has 0 saturated carbocycles. The Morgan fingerprint density at radius 1 is 1.29 bits per heavy atom. The summed E-state index contributed by atoms with van der Waals surface area (Å²) in [5.74, 6) is 0.566. The van der Waals surface area contributed by atoms with Crippen LogP contribution in [0, 0.1) is 0 Å². The third-order valence-electron chi connectivity index (χ3n) is 2.70. The van der Waals surface area contributed by atoms with Crippen LogP contribution in [0.25, 0.3) is 0 Å². The molecule has 0 radical (unpaired) electrons. The van der Waals surface area contributed by atoms with Crippen molar-refractivity contribution < 1.29 is 9.53 Å². The van der Waals surface area contributed by atoms with E-state index in [0.717, 1.165) is 5.75 Å². The lowest BCUT2D eigenvalue weighted by atomic mass is 10.3. The predicted molar refractivity (Wildman–Crippen MR) is 84.6 cm³/mol. The number of H-pyrrole nitrogens is 1. The van der Waals surface area contributed by atoms with Gasteiger partial charge in [0, 0.05) is 17.1 Å². The van der Waals surface area contributed by atoms with E-state index < -0.39 is 0 Å². The van der Waals surface area contributed by atoms with Crippen molar-refractivity contribution in [2.75, 3.05) is 11.9 Å². The molecule has 21 heavy (non-hydrogen) atoms. The fraction of sp³-hybridized carbons (Fsp3) is 0.200. The number of rotatable bonds is 6. The Morgan fingerprint density at radius 3 is 2.81 bits per heavy atom. The Morgan fingerprint density at radius 2 is 2.05 bits per heavy atom. The number of nitrogens with one attached hydrogen (secondary N) is 2. The second kappa shape index (κ2) is 7.64. The second-order valence-corrected chi connectivity index (χ2v) is 5.29. The summed E-state index contributed by atoms with van der Waals surface area (Å²) >= 11 is 3.23. The molecule has 1 aromatic heterocycles. The highest BCUT2D eigenvalue weighted by Gasteiger charge is 2.06. The summed E-state index contributed by atoms with van der Waals surface area (Å²) in [4.78, 5) is 25.8. The predicted octanol–water partition coefficient (Wildman–Crippen LogP) is 2.94. The van der Waals surface area contributed by atoms with Crippen molar-refractivity contribution in [2.45, 2.75) is 12.8 Å². The number of aromatic amines is 1. The third-order valence-corrected chi connectivity index (χ3v) is 3.16. The van der Waals surface area contributed by atoms with Gasteiger partial charge in [-0.3, -0.25) is 9.59 Å². The molecule has 0 fully saturated rings. The maximum Gasteiger partial charge on any atom is 0.271 e. The van der Waals surface area contributed by atoms with Gasteiger partial charge in [0.05, 0.1) is 6.61 Å². The molecule has 0 bridgehead atoms. The number of ether oxygens (including phenoxy) is 1. The van der Waals surface area contributed by atoms with Crippen LogP contribution < -0.4 is 15.6 Å². The van der Waals surface area contributed by atoms with Crippen molar-refractivity contribution in [3.05, 3.63) is 57.4 Å². The molecule has 0 aliphatic heterocycles. The molecule has 2 N–H and O–H groups in total. The van der Waals surface area contributed by atoms with Crippen LogP contribution in [0.4, 0.5) is 5.69 Å². The molecule has 1 heterocycles. The van der Waals surface area contributed by atoms with Crippen LogP contribution in [-0.2, 0) is 4.79 Å². The van der Waals surface area contributed by atoms with Gasteiger partial charge in [0.1, 0.15) is 11.4 Å². The van der Waals surface area contributed by atoms with Crippen molar-refractivity contribution in [2.24, 2.45) is 0 Å². The average molecular weight is 351 g/mol. The molecule has 6 heteroatoms. The van der Waals surface area contributed by atoms with E-state index in [2.05, 4.69) is 26.2 Å². The number of aromatic nitrogens is 1. The molecule has 0 atom stereocenters. The van der Waals surface area contributed by atoms with Crippen LogP contribution in [0.3, 0.4) is 0 Å². The first-order chi connectivity index (χ1) is 10.1. The molecule has 110 valence electrons. The fourth-order valence-corrected chi connectivity index (χ4v) is 2.05. The summed E-state index contributed by atoms with van der Waals surface area (Å²) in [6, 6.07) is 11.0. The smallest absolute Gasteiger partial charge is 0.271 e. The van der Waals surface area contributed by atoms with Crippen molar-refractivity contribution in [1.82, 2.24) is 4.98 Å². The Bertz CT molecular complexity index is 655. The number of carbonyl (C=O) groups is 1. The minimum Gasteiger partial charge on any atom is -0.494 e. The number of halogens is 1. The van der Waals surface area contributed by atoms with E-state index in [9.17, 15) is 9.59 Å². The largest absolute Gasteiger partial charge is 0.494 e. The molecule has 1 amide bonds. The van der Waals surface area contributed by atoms with Crippen molar-refractivity contribution in [3.63, 3.8) is 0 Å². The molecule has 5 nitrogen and oxygen atoms in total. The molecule has 2 aromatic rings. The van der Waals surface area contributed by atoms with Crippen molar-refractivity contribution >= 4 is 27.5 Å². The van der Waals surface area contributed by atoms with E-state index >= 15 is 0 Å². The van der Waals surface area contributed by atoms with Gasteiger partial charge in [-0.1, -0.05) is 18.2 Å². The van der Waals surface area contributed by atoms with Crippen LogP contribution in [0.2, 0.25) is 0 Å². The molecule has 1 aromatic carbocycles. The number of amides is 1. The molecule has 0 aliphatic rings. The lowest BCUT2D eigenvalue weighted by Gasteiger charge is -2.06. The summed E-state index contributed by atoms with van der Waals surface area (Å²) in [5, 5.41) is 2.58. The first kappa shape index (κ1) is 15.3.